The first-order valence-corrected chi connectivity index (χ1v) is 6.37. The van der Waals surface area contributed by atoms with E-state index in [1.54, 1.807) is 6.20 Å². The minimum absolute atomic E-state index is 0.281. The van der Waals surface area contributed by atoms with E-state index in [0.29, 0.717) is 12.5 Å². The van der Waals surface area contributed by atoms with Gasteiger partial charge in [0.1, 0.15) is 12.9 Å². The molecule has 18 heavy (non-hydrogen) atoms. The lowest BCUT2D eigenvalue weighted by Crippen LogP contribution is -1.99. The normalized spacial score (nSPS) is 12.5. The van der Waals surface area contributed by atoms with Crippen LogP contribution in [0.25, 0.3) is 0 Å². The van der Waals surface area contributed by atoms with E-state index in [1.165, 1.54) is 6.33 Å². The number of hydrogen-bond donors (Lipinski definition) is 0. The Morgan fingerprint density at radius 1 is 1.28 bits per heavy atom. The molecular formula is C12H9IN2O3. The van der Waals surface area contributed by atoms with Crippen molar-refractivity contribution in [3.05, 3.63) is 39.9 Å². The van der Waals surface area contributed by atoms with Crippen molar-refractivity contribution in [2.24, 2.45) is 0 Å². The number of hydrogen-bond acceptors (Lipinski definition) is 5. The number of benzene rings is 1. The zero-order valence-corrected chi connectivity index (χ0v) is 11.5. The van der Waals surface area contributed by atoms with Gasteiger partial charge in [0.05, 0.1) is 3.57 Å². The highest BCUT2D eigenvalue weighted by Gasteiger charge is 2.13. The fourth-order valence-electron chi connectivity index (χ4n) is 1.59. The first-order valence-electron chi connectivity index (χ1n) is 5.30. The molecule has 2 aromatic rings. The average molecular weight is 356 g/mol. The highest BCUT2D eigenvalue weighted by molar-refractivity contribution is 14.1. The first kappa shape index (κ1) is 11.5. The predicted octanol–water partition coefficient (Wildman–Crippen LogP) is 2.39. The maximum Gasteiger partial charge on any atom is 0.231 e. The van der Waals surface area contributed by atoms with Crippen molar-refractivity contribution in [3.8, 4) is 17.4 Å². The van der Waals surface area contributed by atoms with Crippen LogP contribution in [0.2, 0.25) is 0 Å². The molecule has 3 rings (SSSR count). The zero-order chi connectivity index (χ0) is 12.4. The van der Waals surface area contributed by atoms with Gasteiger partial charge < -0.3 is 14.2 Å². The van der Waals surface area contributed by atoms with Crippen LogP contribution in [0.4, 0.5) is 0 Å². The van der Waals surface area contributed by atoms with Gasteiger partial charge in [-0.2, -0.15) is 0 Å². The van der Waals surface area contributed by atoms with Crippen molar-refractivity contribution in [2.45, 2.75) is 6.61 Å². The van der Waals surface area contributed by atoms with Crippen LogP contribution in [0.15, 0.2) is 30.7 Å². The summed E-state index contributed by atoms with van der Waals surface area (Å²) < 4.78 is 17.1. The van der Waals surface area contributed by atoms with Gasteiger partial charge in [-0.3, -0.25) is 0 Å². The molecule has 0 fully saturated rings. The lowest BCUT2D eigenvalue weighted by molar-refractivity contribution is 0.174. The summed E-state index contributed by atoms with van der Waals surface area (Å²) in [6, 6.07) is 5.74. The maximum atomic E-state index is 5.63. The fourth-order valence-corrected chi connectivity index (χ4v) is 2.05. The number of aromatic nitrogens is 2. The van der Waals surface area contributed by atoms with Crippen molar-refractivity contribution in [1.82, 2.24) is 9.97 Å². The van der Waals surface area contributed by atoms with Crippen molar-refractivity contribution >= 4 is 22.6 Å². The van der Waals surface area contributed by atoms with E-state index < -0.39 is 0 Å². The summed E-state index contributed by atoms with van der Waals surface area (Å²) in [5.41, 5.74) is 1.01. The maximum absolute atomic E-state index is 5.63. The molecule has 0 N–H and O–H groups in total. The molecule has 0 saturated carbocycles. The monoisotopic (exact) mass is 356 g/mol. The predicted molar refractivity (Wildman–Crippen MR) is 71.6 cm³/mol. The number of halogens is 1. The Morgan fingerprint density at radius 3 is 3.06 bits per heavy atom. The Labute approximate surface area is 117 Å². The van der Waals surface area contributed by atoms with Gasteiger partial charge in [0.25, 0.3) is 0 Å². The minimum atomic E-state index is 0.281. The molecule has 1 aliphatic rings. The van der Waals surface area contributed by atoms with E-state index in [1.807, 2.05) is 18.2 Å². The second-order valence-electron chi connectivity index (χ2n) is 3.65. The van der Waals surface area contributed by atoms with Gasteiger partial charge in [0.2, 0.25) is 12.7 Å². The Hall–Kier alpha value is -1.57. The molecule has 0 spiro atoms. The van der Waals surface area contributed by atoms with Crippen LogP contribution in [-0.4, -0.2) is 16.8 Å². The van der Waals surface area contributed by atoms with E-state index in [-0.39, 0.29) is 6.79 Å². The molecule has 0 atom stereocenters. The molecule has 0 saturated heterocycles. The summed E-state index contributed by atoms with van der Waals surface area (Å²) in [5.74, 6) is 2.12. The van der Waals surface area contributed by atoms with Gasteiger partial charge in [-0.25, -0.2) is 9.97 Å². The summed E-state index contributed by atoms with van der Waals surface area (Å²) >= 11 is 2.14. The second kappa shape index (κ2) is 4.97. The molecule has 92 valence electrons. The number of ether oxygens (including phenoxy) is 3. The van der Waals surface area contributed by atoms with Gasteiger partial charge in [-0.1, -0.05) is 6.07 Å². The Morgan fingerprint density at radius 2 is 2.17 bits per heavy atom. The van der Waals surface area contributed by atoms with E-state index in [0.717, 1.165) is 20.6 Å². The second-order valence-corrected chi connectivity index (χ2v) is 4.81. The lowest BCUT2D eigenvalue weighted by atomic mass is 10.2. The molecule has 1 aromatic carbocycles. The van der Waals surface area contributed by atoms with Crippen molar-refractivity contribution < 1.29 is 14.2 Å². The van der Waals surface area contributed by atoms with Crippen LogP contribution in [0.1, 0.15) is 5.56 Å². The van der Waals surface area contributed by atoms with Crippen LogP contribution < -0.4 is 14.2 Å². The van der Waals surface area contributed by atoms with Crippen molar-refractivity contribution in [3.63, 3.8) is 0 Å². The summed E-state index contributed by atoms with van der Waals surface area (Å²) in [6.45, 7) is 0.715. The molecule has 2 heterocycles. The van der Waals surface area contributed by atoms with Crippen LogP contribution in [0, 0.1) is 3.57 Å². The number of nitrogens with zero attached hydrogens (tertiary/aromatic N) is 2. The van der Waals surface area contributed by atoms with Gasteiger partial charge in [-0.05, 0) is 40.3 Å². The third kappa shape index (κ3) is 2.33. The fraction of sp³-hybridized carbons (Fsp3) is 0.167. The Balaban J connectivity index is 1.72. The molecule has 0 radical (unpaired) electrons. The first-order chi connectivity index (χ1) is 8.83. The summed E-state index contributed by atoms with van der Waals surface area (Å²) in [6.07, 6.45) is 3.18. The van der Waals surface area contributed by atoms with Crippen molar-refractivity contribution in [2.75, 3.05) is 6.79 Å². The summed E-state index contributed by atoms with van der Waals surface area (Å²) in [4.78, 5) is 7.98. The van der Waals surface area contributed by atoms with Crippen LogP contribution >= 0.6 is 22.6 Å². The summed E-state index contributed by atoms with van der Waals surface area (Å²) in [5, 5.41) is 0. The highest BCUT2D eigenvalue weighted by Crippen LogP contribution is 2.32. The van der Waals surface area contributed by atoms with E-state index >= 15 is 0 Å². The third-order valence-corrected chi connectivity index (χ3v) is 3.19. The Bertz CT molecular complexity index is 577. The lowest BCUT2D eigenvalue weighted by Gasteiger charge is -2.07. The standard InChI is InChI=1S/C12H9IN2O3/c13-9-4-14-6-15-12(9)16-5-8-1-2-10-11(3-8)18-7-17-10/h1-4,6H,5,7H2. The Kier molecular flexibility index (Phi) is 3.18. The summed E-state index contributed by atoms with van der Waals surface area (Å²) in [7, 11) is 0. The average Bonchev–Trinajstić information content (AvgIpc) is 2.85. The van der Waals surface area contributed by atoms with E-state index in [2.05, 4.69) is 32.6 Å². The molecule has 1 aromatic heterocycles. The quantitative estimate of drug-likeness (QED) is 0.791. The third-order valence-electron chi connectivity index (χ3n) is 2.45. The molecule has 0 amide bonds. The molecule has 0 aliphatic carbocycles. The molecule has 6 heteroatoms. The van der Waals surface area contributed by atoms with Crippen LogP contribution in [0.3, 0.4) is 0 Å². The molecule has 0 unspecified atom stereocenters. The van der Waals surface area contributed by atoms with Gasteiger partial charge in [0, 0.05) is 6.20 Å². The largest absolute Gasteiger partial charge is 0.472 e. The van der Waals surface area contributed by atoms with Crippen LogP contribution in [0.5, 0.6) is 17.4 Å². The number of rotatable bonds is 3. The minimum Gasteiger partial charge on any atom is -0.472 e. The highest BCUT2D eigenvalue weighted by atomic mass is 127. The molecule has 0 bridgehead atoms. The molecular weight excluding hydrogens is 347 g/mol. The topological polar surface area (TPSA) is 53.5 Å². The van der Waals surface area contributed by atoms with Gasteiger partial charge in [-0.15, -0.1) is 0 Å². The smallest absolute Gasteiger partial charge is 0.231 e. The van der Waals surface area contributed by atoms with Crippen LogP contribution in [-0.2, 0) is 6.61 Å². The van der Waals surface area contributed by atoms with E-state index in [4.69, 9.17) is 14.2 Å². The van der Waals surface area contributed by atoms with Crippen molar-refractivity contribution in [1.29, 1.82) is 0 Å². The SMILES string of the molecule is Ic1cncnc1OCc1ccc2c(c1)OCO2. The van der Waals surface area contributed by atoms with Gasteiger partial charge in [0.15, 0.2) is 11.5 Å². The number of fused-ring (bicyclic) bond motifs is 1. The van der Waals surface area contributed by atoms with Gasteiger partial charge >= 0.3 is 0 Å². The molecule has 5 nitrogen and oxygen atoms in total. The molecule has 1 aliphatic heterocycles. The van der Waals surface area contributed by atoms with E-state index in [9.17, 15) is 0 Å². The zero-order valence-electron chi connectivity index (χ0n) is 9.30.